The van der Waals surface area contributed by atoms with Crippen LogP contribution in [-0.4, -0.2) is 38.2 Å². The molecule has 0 heterocycles. The molecule has 29 heavy (non-hydrogen) atoms. The maximum Gasteiger partial charge on any atom is 0.180 e. The molecule has 0 aliphatic rings. The zero-order valence-electron chi connectivity index (χ0n) is 17.2. The van der Waals surface area contributed by atoms with E-state index in [1.165, 1.54) is 0 Å². The monoisotopic (exact) mass is 458 g/mol. The van der Waals surface area contributed by atoms with Crippen molar-refractivity contribution < 1.29 is 9.47 Å². The van der Waals surface area contributed by atoms with Crippen LogP contribution in [0.1, 0.15) is 31.4 Å². The molecule has 0 radical (unpaired) electrons. The van der Waals surface area contributed by atoms with E-state index in [9.17, 15) is 0 Å². The fraction of sp³-hybridized carbons (Fsp3) is 0.455. The predicted molar refractivity (Wildman–Crippen MR) is 123 cm³/mol. The highest BCUT2D eigenvalue weighted by molar-refractivity contribution is 6.35. The Morgan fingerprint density at radius 3 is 2.41 bits per heavy atom. The number of ether oxygens (including phenoxy) is 2. The normalized spacial score (nSPS) is 11.1. The standard InChI is InChI=1S/C22H29Cl3N2O2/c1-4-27(5-2)10-6-9-26-14-16-11-20(25)22(21(12-16)28-3)29-15-17-7-8-18(23)13-19(17)24/h7-8,11-13,26H,4-6,9-10,14-15H2,1-3H3. The van der Waals surface area contributed by atoms with Crippen molar-refractivity contribution in [3.8, 4) is 11.5 Å². The number of halogens is 3. The Balaban J connectivity index is 1.94. The molecule has 0 atom stereocenters. The third kappa shape index (κ3) is 7.54. The summed E-state index contributed by atoms with van der Waals surface area (Å²) < 4.78 is 11.4. The average Bonchev–Trinajstić information content (AvgIpc) is 2.70. The van der Waals surface area contributed by atoms with Gasteiger partial charge in [-0.05, 0) is 62.4 Å². The molecule has 0 aliphatic heterocycles. The second-order valence-electron chi connectivity index (χ2n) is 6.69. The average molecular weight is 460 g/mol. The molecule has 0 fully saturated rings. The number of hydrogen-bond acceptors (Lipinski definition) is 4. The maximum absolute atomic E-state index is 6.47. The van der Waals surface area contributed by atoms with Crippen LogP contribution in [0.4, 0.5) is 0 Å². The molecule has 0 aliphatic carbocycles. The molecule has 0 spiro atoms. The topological polar surface area (TPSA) is 33.7 Å². The van der Waals surface area contributed by atoms with Crippen molar-refractivity contribution in [2.24, 2.45) is 0 Å². The Hall–Kier alpha value is -1.17. The number of benzene rings is 2. The molecule has 4 nitrogen and oxygen atoms in total. The molecule has 2 aromatic rings. The minimum Gasteiger partial charge on any atom is -0.493 e. The van der Waals surface area contributed by atoms with Gasteiger partial charge in [-0.15, -0.1) is 0 Å². The summed E-state index contributed by atoms with van der Waals surface area (Å²) in [6.07, 6.45) is 1.11. The van der Waals surface area contributed by atoms with Crippen molar-refractivity contribution in [2.75, 3.05) is 33.3 Å². The highest BCUT2D eigenvalue weighted by Gasteiger charge is 2.13. The summed E-state index contributed by atoms with van der Waals surface area (Å²) in [5, 5.41) is 5.11. The summed E-state index contributed by atoms with van der Waals surface area (Å²) in [5.41, 5.74) is 1.87. The molecule has 0 amide bonds. The maximum atomic E-state index is 6.47. The summed E-state index contributed by atoms with van der Waals surface area (Å²) in [4.78, 5) is 2.42. The fourth-order valence-corrected chi connectivity index (χ4v) is 3.76. The lowest BCUT2D eigenvalue weighted by molar-refractivity contribution is 0.284. The van der Waals surface area contributed by atoms with Crippen molar-refractivity contribution in [2.45, 2.75) is 33.4 Å². The predicted octanol–water partition coefficient (Wildman–Crippen LogP) is 6.06. The Labute approximate surface area is 189 Å². The molecule has 0 saturated carbocycles. The Morgan fingerprint density at radius 1 is 1.00 bits per heavy atom. The van der Waals surface area contributed by atoms with E-state index in [-0.39, 0.29) is 6.61 Å². The zero-order chi connectivity index (χ0) is 21.2. The second kappa shape index (κ2) is 12.5. The van der Waals surface area contributed by atoms with Crippen molar-refractivity contribution in [1.82, 2.24) is 10.2 Å². The van der Waals surface area contributed by atoms with E-state index >= 15 is 0 Å². The van der Waals surface area contributed by atoms with E-state index in [2.05, 4.69) is 24.1 Å². The summed E-state index contributed by atoms with van der Waals surface area (Å²) in [6, 6.07) is 9.15. The molecule has 7 heteroatoms. The van der Waals surface area contributed by atoms with E-state index in [0.29, 0.717) is 26.6 Å². The quantitative estimate of drug-likeness (QED) is 0.391. The van der Waals surface area contributed by atoms with Gasteiger partial charge in [0.1, 0.15) is 6.61 Å². The minimum absolute atomic E-state index is 0.273. The first kappa shape index (κ1) is 24.1. The summed E-state index contributed by atoms with van der Waals surface area (Å²) in [6.45, 7) is 9.60. The highest BCUT2D eigenvalue weighted by atomic mass is 35.5. The minimum atomic E-state index is 0.273. The smallest absolute Gasteiger partial charge is 0.180 e. The Bertz CT molecular complexity index is 783. The van der Waals surface area contributed by atoms with Gasteiger partial charge >= 0.3 is 0 Å². The zero-order valence-corrected chi connectivity index (χ0v) is 19.5. The second-order valence-corrected chi connectivity index (χ2v) is 7.94. The largest absolute Gasteiger partial charge is 0.493 e. The first-order valence-corrected chi connectivity index (χ1v) is 11.0. The van der Waals surface area contributed by atoms with Crippen molar-refractivity contribution in [3.63, 3.8) is 0 Å². The van der Waals surface area contributed by atoms with E-state index < -0.39 is 0 Å². The van der Waals surface area contributed by atoms with E-state index in [1.54, 1.807) is 19.2 Å². The highest BCUT2D eigenvalue weighted by Crippen LogP contribution is 2.37. The van der Waals surface area contributed by atoms with Crippen LogP contribution < -0.4 is 14.8 Å². The van der Waals surface area contributed by atoms with Crippen LogP contribution in [0, 0.1) is 0 Å². The molecule has 0 aromatic heterocycles. The molecule has 2 rings (SSSR count). The van der Waals surface area contributed by atoms with Gasteiger partial charge in [-0.25, -0.2) is 0 Å². The molecule has 0 saturated heterocycles. The van der Waals surface area contributed by atoms with Crippen LogP contribution in [0.25, 0.3) is 0 Å². The number of nitrogens with zero attached hydrogens (tertiary/aromatic N) is 1. The number of hydrogen-bond donors (Lipinski definition) is 1. The first-order chi connectivity index (χ1) is 14.0. The molecule has 0 unspecified atom stereocenters. The van der Waals surface area contributed by atoms with Gasteiger partial charge in [0.05, 0.1) is 12.1 Å². The first-order valence-electron chi connectivity index (χ1n) is 9.84. The van der Waals surface area contributed by atoms with E-state index in [4.69, 9.17) is 44.3 Å². The lowest BCUT2D eigenvalue weighted by Gasteiger charge is -2.18. The SMILES string of the molecule is CCN(CC)CCCNCc1cc(Cl)c(OCc2ccc(Cl)cc2Cl)c(OC)c1. The van der Waals surface area contributed by atoms with Gasteiger partial charge in [0.25, 0.3) is 0 Å². The van der Waals surface area contributed by atoms with Gasteiger partial charge in [-0.2, -0.15) is 0 Å². The molecule has 160 valence electrons. The lowest BCUT2D eigenvalue weighted by atomic mass is 10.2. The van der Waals surface area contributed by atoms with Crippen LogP contribution in [0.3, 0.4) is 0 Å². The number of rotatable bonds is 12. The molecule has 2 aromatic carbocycles. The molecule has 1 N–H and O–H groups in total. The van der Waals surface area contributed by atoms with Gasteiger partial charge in [-0.1, -0.05) is 54.7 Å². The van der Waals surface area contributed by atoms with Crippen LogP contribution in [0.5, 0.6) is 11.5 Å². The number of nitrogens with one attached hydrogen (secondary N) is 1. The van der Waals surface area contributed by atoms with E-state index in [1.807, 2.05) is 18.2 Å². The fourth-order valence-electron chi connectivity index (χ4n) is 3.00. The van der Waals surface area contributed by atoms with Crippen LogP contribution in [0.2, 0.25) is 15.1 Å². The lowest BCUT2D eigenvalue weighted by Crippen LogP contribution is -2.27. The van der Waals surface area contributed by atoms with E-state index in [0.717, 1.165) is 50.3 Å². The van der Waals surface area contributed by atoms with Crippen LogP contribution >= 0.6 is 34.8 Å². The summed E-state index contributed by atoms with van der Waals surface area (Å²) in [5.74, 6) is 1.10. The molecular formula is C22H29Cl3N2O2. The van der Waals surface area contributed by atoms with Crippen molar-refractivity contribution in [3.05, 3.63) is 56.5 Å². The van der Waals surface area contributed by atoms with Gasteiger partial charge in [-0.3, -0.25) is 0 Å². The summed E-state index contributed by atoms with van der Waals surface area (Å²) >= 11 is 18.6. The number of methoxy groups -OCH3 is 1. The van der Waals surface area contributed by atoms with Gasteiger partial charge in [0, 0.05) is 22.2 Å². The van der Waals surface area contributed by atoms with Gasteiger partial charge in [0.15, 0.2) is 11.5 Å². The van der Waals surface area contributed by atoms with Crippen LogP contribution in [0.15, 0.2) is 30.3 Å². The summed E-state index contributed by atoms with van der Waals surface area (Å²) in [7, 11) is 1.61. The third-order valence-corrected chi connectivity index (χ3v) is 5.60. The van der Waals surface area contributed by atoms with Gasteiger partial charge < -0.3 is 19.7 Å². The molecule has 0 bridgehead atoms. The Kier molecular flexibility index (Phi) is 10.4. The van der Waals surface area contributed by atoms with Crippen molar-refractivity contribution in [1.29, 1.82) is 0 Å². The Morgan fingerprint density at radius 2 is 1.76 bits per heavy atom. The van der Waals surface area contributed by atoms with Crippen LogP contribution in [-0.2, 0) is 13.2 Å². The third-order valence-electron chi connectivity index (χ3n) is 4.73. The van der Waals surface area contributed by atoms with Crippen molar-refractivity contribution >= 4 is 34.8 Å². The molecular weight excluding hydrogens is 431 g/mol. The van der Waals surface area contributed by atoms with Gasteiger partial charge in [0.2, 0.25) is 0 Å².